The van der Waals surface area contributed by atoms with E-state index in [1.807, 2.05) is 0 Å². The molecule has 45 valence electrons. The molecule has 0 aliphatic carbocycles. The van der Waals surface area contributed by atoms with Gasteiger partial charge in [0.25, 0.3) is 0 Å². The summed E-state index contributed by atoms with van der Waals surface area (Å²) >= 11 is 0. The molecule has 0 heterocycles. The first kappa shape index (κ1) is 38.1. The van der Waals surface area contributed by atoms with Gasteiger partial charge < -0.3 is 22.8 Å². The molecule has 0 unspecified atom stereocenters. The van der Waals surface area contributed by atoms with Crippen LogP contribution in [0.5, 0.6) is 0 Å². The minimum Gasteiger partial charge on any atom is -1.00 e. The van der Waals surface area contributed by atoms with E-state index in [0.29, 0.717) is 0 Å². The first-order valence-electron chi connectivity index (χ1n) is 0.651. The molecule has 0 atom stereocenters. The van der Waals surface area contributed by atoms with Crippen LogP contribution < -0.4 is 29.6 Å². The van der Waals surface area contributed by atoms with Crippen molar-refractivity contribution in [1.29, 1.82) is 0 Å². The molecule has 0 fully saturated rings. The number of hydrogen-bond donors (Lipinski definition) is 2. The molecule has 0 amide bonds. The second kappa shape index (κ2) is 29.6. The zero-order valence-corrected chi connectivity index (χ0v) is 15.8. The topological polar surface area (TPSA) is 89.0 Å². The Morgan fingerprint density at radius 2 is 1.33 bits per heavy atom. The van der Waals surface area contributed by atoms with Crippen molar-refractivity contribution < 1.29 is 89.9 Å². The second-order valence-corrected chi connectivity index (χ2v) is 0.283. The molecule has 4 nitrogen and oxygen atoms in total. The third-order valence-electron chi connectivity index (χ3n) is 0. The van der Waals surface area contributed by atoms with Crippen molar-refractivity contribution >= 4 is 89.4 Å². The molecule has 0 saturated heterocycles. The first-order chi connectivity index (χ1) is 1.73. The van der Waals surface area contributed by atoms with Crippen molar-refractivity contribution in [2.75, 3.05) is 0 Å². The van der Waals surface area contributed by atoms with Crippen LogP contribution in [-0.2, 0) is 32.7 Å². The minimum atomic E-state index is -1.83. The van der Waals surface area contributed by atoms with Crippen LogP contribution in [0, 0.1) is 0 Å². The summed E-state index contributed by atoms with van der Waals surface area (Å²) < 4.78 is 0. The van der Waals surface area contributed by atoms with Crippen LogP contribution in [0.2, 0.25) is 0 Å². The van der Waals surface area contributed by atoms with Crippen LogP contribution >= 0.6 is 0 Å². The normalized spacial score (nSPS) is 2.67. The van der Waals surface area contributed by atoms with Gasteiger partial charge in [-0.1, -0.05) is 0 Å². The third kappa shape index (κ3) is 73.8. The quantitative estimate of drug-likeness (QED) is 0.448. The Morgan fingerprint density at radius 3 is 1.33 bits per heavy atom. The van der Waals surface area contributed by atoms with E-state index in [-0.39, 0.29) is 158 Å². The molecular weight excluding hydrogens is 316 g/mol. The molecule has 0 bridgehead atoms. The predicted molar refractivity (Wildman–Crippen MR) is 31.3 cm³/mol. The van der Waals surface area contributed by atoms with E-state index >= 15 is 0 Å². The number of rotatable bonds is 0. The summed E-state index contributed by atoms with van der Waals surface area (Å²) in [4.78, 5) is 8.56. The fourth-order valence-corrected chi connectivity index (χ4v) is 0. The molecule has 0 aliphatic heterocycles. The van der Waals surface area contributed by atoms with Gasteiger partial charge in [-0.3, -0.25) is 0 Å². The molecule has 0 spiro atoms. The van der Waals surface area contributed by atoms with Crippen LogP contribution in [0.15, 0.2) is 0 Å². The first-order valence-corrected chi connectivity index (χ1v) is 0.651. The van der Waals surface area contributed by atoms with Gasteiger partial charge in [0.05, 0.1) is 0 Å². The van der Waals surface area contributed by atoms with Gasteiger partial charge in [0.1, 0.15) is 0 Å². The van der Waals surface area contributed by atoms with Crippen molar-refractivity contribution in [3.63, 3.8) is 0 Å². The molecule has 0 aliphatic rings. The van der Waals surface area contributed by atoms with E-state index in [9.17, 15) is 0 Å². The smallest absolute Gasteiger partial charge is 1.00 e. The van der Waals surface area contributed by atoms with Gasteiger partial charge >= 0.3 is 119 Å². The number of carboxylic acid groups (broad SMARTS) is 2. The van der Waals surface area contributed by atoms with Gasteiger partial charge in [-0.25, -0.2) is 4.79 Å². The number of hydrogen-bond acceptors (Lipinski definition) is 1. The van der Waals surface area contributed by atoms with Crippen LogP contribution in [0.3, 0.4) is 0 Å². The van der Waals surface area contributed by atoms with Crippen LogP contribution in [-0.4, -0.2) is 105 Å². The molecule has 8 heteroatoms. The van der Waals surface area contributed by atoms with E-state index in [4.69, 9.17) is 15.0 Å². The average molecular weight is 325 g/mol. The van der Waals surface area contributed by atoms with Crippen molar-refractivity contribution in [1.82, 2.24) is 0 Å². The number of carbonyl (C=O) groups is 1. The van der Waals surface area contributed by atoms with Crippen LogP contribution in [0.1, 0.15) is 7.13 Å². The van der Waals surface area contributed by atoms with Crippen LogP contribution in [0.4, 0.5) is 4.79 Å². The molecule has 0 aromatic carbocycles. The van der Waals surface area contributed by atoms with E-state index in [1.54, 1.807) is 0 Å². The van der Waals surface area contributed by atoms with Crippen LogP contribution in [0.25, 0.3) is 0 Å². The monoisotopic (exact) mass is 325 g/mol. The molecule has 0 saturated carbocycles. The maximum Gasteiger partial charge on any atom is 2.00 e. The zero-order chi connectivity index (χ0) is 3.58. The Bertz CT molecular complexity index is 56.7. The second-order valence-electron chi connectivity index (χ2n) is 0.283. The molecule has 0 aromatic rings. The van der Waals surface area contributed by atoms with E-state index in [1.165, 1.54) is 0 Å². The van der Waals surface area contributed by atoms with Gasteiger partial charge in [-0.05, 0) is 0 Å². The summed E-state index contributed by atoms with van der Waals surface area (Å²) in [7, 11) is 0. The summed E-state index contributed by atoms with van der Waals surface area (Å²) in [5.41, 5.74) is 0. The van der Waals surface area contributed by atoms with Crippen molar-refractivity contribution in [3.8, 4) is 0 Å². The van der Waals surface area contributed by atoms with Gasteiger partial charge in [-0.2, -0.15) is 0 Å². The van der Waals surface area contributed by atoms with Crippen molar-refractivity contribution in [3.05, 3.63) is 0 Å². The van der Waals surface area contributed by atoms with Gasteiger partial charge in [0, 0.05) is 32.7 Å². The molecule has 0 rings (SSSR count). The molecular formula is CH9CaNaO4SrY. The van der Waals surface area contributed by atoms with Crippen molar-refractivity contribution in [2.24, 2.45) is 0 Å². The SMILES string of the molecule is O.O=C(O)O.[Ca+2].[H-].[H-].[H-].[H-].[H-].[Na+].[Sr+2].[Y]. The fraction of sp³-hybridized carbons (Fsp3) is 0. The van der Waals surface area contributed by atoms with E-state index in [0.717, 1.165) is 0 Å². The summed E-state index contributed by atoms with van der Waals surface area (Å²) in [5, 5.41) is 13.9. The Hall–Kier alpha value is 4.07. The summed E-state index contributed by atoms with van der Waals surface area (Å²) in [6, 6.07) is 0. The Kier molecular flexibility index (Phi) is 125. The molecule has 1 radical (unpaired) electrons. The average Bonchev–Trinajstić information content (AvgIpc) is 0.811. The Balaban J connectivity index is -0.000000001000. The summed E-state index contributed by atoms with van der Waals surface area (Å²) in [5.74, 6) is 0. The Labute approximate surface area is 175 Å². The van der Waals surface area contributed by atoms with Gasteiger partial charge in [-0.15, -0.1) is 0 Å². The van der Waals surface area contributed by atoms with E-state index in [2.05, 4.69) is 0 Å². The molecule has 0 aromatic heterocycles. The van der Waals surface area contributed by atoms with E-state index < -0.39 is 6.16 Å². The maximum atomic E-state index is 8.56. The van der Waals surface area contributed by atoms with Gasteiger partial charge in [0.15, 0.2) is 0 Å². The fourth-order valence-electron chi connectivity index (χ4n) is 0. The predicted octanol–water partition coefficient (Wildman–Crippen LogP) is -3.80. The maximum absolute atomic E-state index is 8.56. The Morgan fingerprint density at radius 1 is 1.33 bits per heavy atom. The minimum absolute atomic E-state index is 0. The summed E-state index contributed by atoms with van der Waals surface area (Å²) in [6.45, 7) is 0. The summed E-state index contributed by atoms with van der Waals surface area (Å²) in [6.07, 6.45) is -1.83. The molecule has 4 N–H and O–H groups in total. The molecule has 9 heavy (non-hydrogen) atoms. The standard InChI is InChI=1S/CH2O3.Ca.Na.H2O.Sr.Y.5H/c2-1(3)4;;;;;;;;;;/h(H2,2,3,4);;;1H2;;;;;;;/q;+2;+1;;+2;;5*-1. The van der Waals surface area contributed by atoms with Gasteiger partial charge in [0.2, 0.25) is 0 Å². The third-order valence-corrected chi connectivity index (χ3v) is 0. The largest absolute Gasteiger partial charge is 2.00 e. The zero-order valence-electron chi connectivity index (χ0n) is 10.3. The van der Waals surface area contributed by atoms with Crippen molar-refractivity contribution in [2.45, 2.75) is 0 Å².